The van der Waals surface area contributed by atoms with E-state index in [-0.39, 0.29) is 6.04 Å². The molecular formula is C12H18N2O2S. The third kappa shape index (κ3) is 2.68. The standard InChI is InChI=1S/C12H18N2O2S/c1-10-4-2-6-12(8-10)17(15,16)14-7-3-5-11(13)9-14/h2,4,6,8,11H,3,5,7,9,13H2,1H3. The lowest BCUT2D eigenvalue weighted by Crippen LogP contribution is -2.45. The Labute approximate surface area is 102 Å². The van der Waals surface area contributed by atoms with E-state index in [2.05, 4.69) is 0 Å². The van der Waals surface area contributed by atoms with Gasteiger partial charge in [0.15, 0.2) is 0 Å². The number of nitrogens with zero attached hydrogens (tertiary/aromatic N) is 1. The van der Waals surface area contributed by atoms with E-state index in [1.807, 2.05) is 13.0 Å². The zero-order valence-corrected chi connectivity index (χ0v) is 10.8. The summed E-state index contributed by atoms with van der Waals surface area (Å²) >= 11 is 0. The van der Waals surface area contributed by atoms with E-state index in [0.717, 1.165) is 18.4 Å². The fraction of sp³-hybridized carbons (Fsp3) is 0.500. The summed E-state index contributed by atoms with van der Waals surface area (Å²) in [6.45, 7) is 2.89. The van der Waals surface area contributed by atoms with Crippen molar-refractivity contribution in [1.82, 2.24) is 4.31 Å². The second kappa shape index (κ2) is 4.76. The third-order valence-corrected chi connectivity index (χ3v) is 4.91. The highest BCUT2D eigenvalue weighted by Crippen LogP contribution is 2.20. The molecule has 0 bridgehead atoms. The number of aryl methyl sites for hydroxylation is 1. The van der Waals surface area contributed by atoms with Crippen LogP contribution in [0.2, 0.25) is 0 Å². The molecule has 4 nitrogen and oxygen atoms in total. The van der Waals surface area contributed by atoms with Gasteiger partial charge in [0, 0.05) is 19.1 Å². The summed E-state index contributed by atoms with van der Waals surface area (Å²) in [6, 6.07) is 6.97. The van der Waals surface area contributed by atoms with Gasteiger partial charge in [-0.15, -0.1) is 0 Å². The van der Waals surface area contributed by atoms with E-state index >= 15 is 0 Å². The molecule has 5 heteroatoms. The SMILES string of the molecule is Cc1cccc(S(=O)(=O)N2CCCC(N)C2)c1. The molecule has 94 valence electrons. The van der Waals surface area contributed by atoms with Crippen LogP contribution in [0.15, 0.2) is 29.2 Å². The lowest BCUT2D eigenvalue weighted by Gasteiger charge is -2.29. The molecule has 0 spiro atoms. The van der Waals surface area contributed by atoms with Gasteiger partial charge in [-0.3, -0.25) is 0 Å². The number of benzene rings is 1. The molecule has 1 aliphatic heterocycles. The summed E-state index contributed by atoms with van der Waals surface area (Å²) in [6.07, 6.45) is 1.74. The summed E-state index contributed by atoms with van der Waals surface area (Å²) in [5.74, 6) is 0. The number of hydrogen-bond donors (Lipinski definition) is 1. The lowest BCUT2D eigenvalue weighted by atomic mass is 10.1. The van der Waals surface area contributed by atoms with Crippen LogP contribution in [0.25, 0.3) is 0 Å². The molecule has 0 radical (unpaired) electrons. The molecule has 1 fully saturated rings. The van der Waals surface area contributed by atoms with Crippen molar-refractivity contribution in [3.05, 3.63) is 29.8 Å². The van der Waals surface area contributed by atoms with Crippen LogP contribution in [0.4, 0.5) is 0 Å². The van der Waals surface area contributed by atoms with Gasteiger partial charge in [0.25, 0.3) is 0 Å². The van der Waals surface area contributed by atoms with Crippen LogP contribution in [0, 0.1) is 6.92 Å². The number of piperidine rings is 1. The Kier molecular flexibility index (Phi) is 3.51. The van der Waals surface area contributed by atoms with Gasteiger partial charge in [0.05, 0.1) is 4.90 Å². The van der Waals surface area contributed by atoms with Crippen molar-refractivity contribution >= 4 is 10.0 Å². The molecule has 2 N–H and O–H groups in total. The average molecular weight is 254 g/mol. The maximum absolute atomic E-state index is 12.4. The maximum atomic E-state index is 12.4. The van der Waals surface area contributed by atoms with Crippen LogP contribution in [0.3, 0.4) is 0 Å². The molecule has 1 atom stereocenters. The van der Waals surface area contributed by atoms with Gasteiger partial charge in [-0.05, 0) is 37.5 Å². The topological polar surface area (TPSA) is 63.4 Å². The van der Waals surface area contributed by atoms with Crippen LogP contribution >= 0.6 is 0 Å². The van der Waals surface area contributed by atoms with E-state index in [1.54, 1.807) is 18.2 Å². The predicted octanol–water partition coefficient (Wildman–Crippen LogP) is 1.11. The quantitative estimate of drug-likeness (QED) is 0.860. The van der Waals surface area contributed by atoms with E-state index < -0.39 is 10.0 Å². The normalized spacial score (nSPS) is 22.6. The first-order valence-corrected chi connectivity index (χ1v) is 7.26. The molecule has 0 saturated carbocycles. The molecule has 1 aromatic rings. The van der Waals surface area contributed by atoms with Crippen molar-refractivity contribution in [3.63, 3.8) is 0 Å². The zero-order chi connectivity index (χ0) is 12.5. The van der Waals surface area contributed by atoms with Gasteiger partial charge >= 0.3 is 0 Å². The van der Waals surface area contributed by atoms with Crippen LogP contribution in [0.5, 0.6) is 0 Å². The zero-order valence-electron chi connectivity index (χ0n) is 9.96. The molecule has 1 aromatic carbocycles. The first-order valence-electron chi connectivity index (χ1n) is 5.82. The molecule has 1 aliphatic rings. The van der Waals surface area contributed by atoms with E-state index in [4.69, 9.17) is 5.73 Å². The highest BCUT2D eigenvalue weighted by molar-refractivity contribution is 7.89. The number of hydrogen-bond acceptors (Lipinski definition) is 3. The van der Waals surface area contributed by atoms with Gasteiger partial charge in [-0.2, -0.15) is 4.31 Å². The minimum Gasteiger partial charge on any atom is -0.327 e. The smallest absolute Gasteiger partial charge is 0.243 e. The van der Waals surface area contributed by atoms with Crippen molar-refractivity contribution in [2.75, 3.05) is 13.1 Å². The van der Waals surface area contributed by atoms with E-state index in [0.29, 0.717) is 18.0 Å². The Morgan fingerprint density at radius 3 is 2.82 bits per heavy atom. The van der Waals surface area contributed by atoms with Gasteiger partial charge < -0.3 is 5.73 Å². The molecule has 1 heterocycles. The fourth-order valence-electron chi connectivity index (χ4n) is 2.12. The number of nitrogens with two attached hydrogens (primary N) is 1. The van der Waals surface area contributed by atoms with Crippen LogP contribution in [-0.4, -0.2) is 31.9 Å². The minimum atomic E-state index is -3.36. The lowest BCUT2D eigenvalue weighted by molar-refractivity contribution is 0.316. The second-order valence-corrected chi connectivity index (χ2v) is 6.52. The summed E-state index contributed by atoms with van der Waals surface area (Å²) < 4.78 is 26.2. The maximum Gasteiger partial charge on any atom is 0.243 e. The number of rotatable bonds is 2. The van der Waals surface area contributed by atoms with E-state index in [9.17, 15) is 8.42 Å². The average Bonchev–Trinajstić information content (AvgIpc) is 2.29. The van der Waals surface area contributed by atoms with Crippen molar-refractivity contribution in [1.29, 1.82) is 0 Å². The molecule has 2 rings (SSSR count). The van der Waals surface area contributed by atoms with Crippen LogP contribution in [0.1, 0.15) is 18.4 Å². The summed E-state index contributed by atoms with van der Waals surface area (Å²) in [5.41, 5.74) is 6.77. The monoisotopic (exact) mass is 254 g/mol. The minimum absolute atomic E-state index is 0.0386. The summed E-state index contributed by atoms with van der Waals surface area (Å²) in [7, 11) is -3.36. The second-order valence-electron chi connectivity index (χ2n) is 4.58. The van der Waals surface area contributed by atoms with Gasteiger partial charge in [0.2, 0.25) is 10.0 Å². The molecule has 17 heavy (non-hydrogen) atoms. The largest absolute Gasteiger partial charge is 0.327 e. The van der Waals surface area contributed by atoms with Crippen molar-refractivity contribution in [3.8, 4) is 0 Å². The van der Waals surface area contributed by atoms with Crippen molar-refractivity contribution < 1.29 is 8.42 Å². The van der Waals surface area contributed by atoms with Gasteiger partial charge in [-0.1, -0.05) is 12.1 Å². The highest BCUT2D eigenvalue weighted by Gasteiger charge is 2.28. The Hall–Kier alpha value is -0.910. The Bertz CT molecular complexity index is 499. The fourth-order valence-corrected chi connectivity index (χ4v) is 3.76. The Balaban J connectivity index is 2.29. The number of sulfonamides is 1. The van der Waals surface area contributed by atoms with E-state index in [1.165, 1.54) is 4.31 Å². The van der Waals surface area contributed by atoms with Crippen molar-refractivity contribution in [2.24, 2.45) is 5.73 Å². The molecular weight excluding hydrogens is 236 g/mol. The first kappa shape index (κ1) is 12.5. The molecule has 1 unspecified atom stereocenters. The summed E-state index contributed by atoms with van der Waals surface area (Å²) in [5, 5.41) is 0. The molecule has 0 aliphatic carbocycles. The Morgan fingerprint density at radius 1 is 1.41 bits per heavy atom. The highest BCUT2D eigenvalue weighted by atomic mass is 32.2. The molecule has 0 amide bonds. The van der Waals surface area contributed by atoms with Gasteiger partial charge in [0.1, 0.15) is 0 Å². The van der Waals surface area contributed by atoms with Crippen LogP contribution in [-0.2, 0) is 10.0 Å². The first-order chi connectivity index (χ1) is 8.00. The molecule has 1 saturated heterocycles. The Morgan fingerprint density at radius 2 is 2.18 bits per heavy atom. The third-order valence-electron chi connectivity index (χ3n) is 3.05. The van der Waals surface area contributed by atoms with Crippen molar-refractivity contribution in [2.45, 2.75) is 30.7 Å². The predicted molar refractivity (Wildman–Crippen MR) is 67.1 cm³/mol. The summed E-state index contributed by atoms with van der Waals surface area (Å²) in [4.78, 5) is 0.367. The molecule has 0 aromatic heterocycles. The van der Waals surface area contributed by atoms with Gasteiger partial charge in [-0.25, -0.2) is 8.42 Å². The van der Waals surface area contributed by atoms with Crippen LogP contribution < -0.4 is 5.73 Å².